The van der Waals surface area contributed by atoms with Crippen LogP contribution in [0, 0.1) is 12.7 Å². The summed E-state index contributed by atoms with van der Waals surface area (Å²) in [6.07, 6.45) is 0.887. The second-order valence-corrected chi connectivity index (χ2v) is 12.7. The fourth-order valence-electron chi connectivity index (χ4n) is 4.74. The first kappa shape index (κ1) is 32.4. The van der Waals surface area contributed by atoms with Crippen LogP contribution < -0.4 is 9.62 Å². The molecule has 0 aliphatic carbocycles. The molecule has 0 aliphatic heterocycles. The number of nitrogens with one attached hydrogen (secondary N) is 1. The van der Waals surface area contributed by atoms with E-state index in [-0.39, 0.29) is 29.8 Å². The lowest BCUT2D eigenvalue weighted by Gasteiger charge is -2.34. The summed E-state index contributed by atoms with van der Waals surface area (Å²) in [5.41, 5.74) is 2.64. The van der Waals surface area contributed by atoms with Gasteiger partial charge in [-0.25, -0.2) is 12.8 Å². The minimum Gasteiger partial charge on any atom is -0.352 e. The fraction of sp³-hybridized carbons (Fsp3) is 0.257. The highest BCUT2D eigenvalue weighted by Crippen LogP contribution is 2.25. The maximum Gasteiger partial charge on any atom is 0.264 e. The second-order valence-electron chi connectivity index (χ2n) is 10.8. The zero-order valence-electron chi connectivity index (χ0n) is 25.2. The van der Waals surface area contributed by atoms with Gasteiger partial charge in [-0.15, -0.1) is 0 Å². The van der Waals surface area contributed by atoms with Crippen LogP contribution in [-0.2, 0) is 32.6 Å². The van der Waals surface area contributed by atoms with Crippen molar-refractivity contribution in [2.45, 2.75) is 57.1 Å². The van der Waals surface area contributed by atoms with Crippen LogP contribution in [-0.4, -0.2) is 43.8 Å². The van der Waals surface area contributed by atoms with Crippen molar-refractivity contribution in [3.05, 3.63) is 132 Å². The molecule has 0 aliphatic rings. The normalized spacial score (nSPS) is 12.6. The highest BCUT2D eigenvalue weighted by atomic mass is 32.2. The highest BCUT2D eigenvalue weighted by molar-refractivity contribution is 7.92. The molecule has 230 valence electrons. The van der Waals surface area contributed by atoms with Crippen molar-refractivity contribution in [3.8, 4) is 0 Å². The van der Waals surface area contributed by atoms with Crippen LogP contribution in [0.15, 0.2) is 114 Å². The van der Waals surface area contributed by atoms with E-state index in [0.717, 1.165) is 15.4 Å². The Labute approximate surface area is 259 Å². The van der Waals surface area contributed by atoms with Crippen molar-refractivity contribution in [2.75, 3.05) is 10.8 Å². The van der Waals surface area contributed by atoms with Crippen LogP contribution in [0.25, 0.3) is 0 Å². The zero-order chi connectivity index (χ0) is 31.7. The Morgan fingerprint density at radius 3 is 2.00 bits per heavy atom. The van der Waals surface area contributed by atoms with Crippen LogP contribution in [0.3, 0.4) is 0 Å². The molecule has 0 heterocycles. The number of carbonyl (C=O) groups excluding carboxylic acids is 2. The molecule has 4 aromatic rings. The molecular weight excluding hydrogens is 577 g/mol. The summed E-state index contributed by atoms with van der Waals surface area (Å²) < 4.78 is 42.9. The molecule has 0 unspecified atom stereocenters. The summed E-state index contributed by atoms with van der Waals surface area (Å²) in [5, 5.41) is 3.00. The molecule has 0 fully saturated rings. The second kappa shape index (κ2) is 14.8. The van der Waals surface area contributed by atoms with Gasteiger partial charge in [-0.2, -0.15) is 0 Å². The van der Waals surface area contributed by atoms with Crippen molar-refractivity contribution >= 4 is 27.5 Å². The van der Waals surface area contributed by atoms with E-state index in [1.54, 1.807) is 54.6 Å². The van der Waals surface area contributed by atoms with Gasteiger partial charge in [-0.1, -0.05) is 85.3 Å². The first-order valence-electron chi connectivity index (χ1n) is 14.6. The van der Waals surface area contributed by atoms with E-state index in [0.29, 0.717) is 17.7 Å². The molecule has 44 heavy (non-hydrogen) atoms. The number of para-hydroxylation sites is 1. The predicted molar refractivity (Wildman–Crippen MR) is 171 cm³/mol. The van der Waals surface area contributed by atoms with E-state index >= 15 is 0 Å². The molecule has 4 rings (SSSR count). The molecule has 0 bridgehead atoms. The molecular formula is C35H38FN3O4S. The standard InChI is InChI=1S/C35H38FN3O4S/c1-4-27(3)37-35(41)33(23-28-11-7-5-8-12-28)38(24-29-17-19-30(36)20-18-29)34(40)25-39(31-13-9-6-10-14-31)44(42,43)32-21-15-26(2)16-22-32/h5-22,27,33H,4,23-25H2,1-3H3,(H,37,41)/t27-,33+/m0/s1. The van der Waals surface area contributed by atoms with Crippen molar-refractivity contribution in [3.63, 3.8) is 0 Å². The lowest BCUT2D eigenvalue weighted by atomic mass is 10.0. The molecule has 1 N–H and O–H groups in total. The predicted octanol–water partition coefficient (Wildman–Crippen LogP) is 5.88. The van der Waals surface area contributed by atoms with Crippen LogP contribution in [0.4, 0.5) is 10.1 Å². The number of aryl methyl sites for hydroxylation is 1. The minimum atomic E-state index is -4.17. The zero-order valence-corrected chi connectivity index (χ0v) is 26.0. The van der Waals surface area contributed by atoms with Gasteiger partial charge >= 0.3 is 0 Å². The molecule has 7 nitrogen and oxygen atoms in total. The Bertz CT molecular complexity index is 1630. The van der Waals surface area contributed by atoms with Crippen molar-refractivity contribution in [1.29, 1.82) is 0 Å². The van der Waals surface area contributed by atoms with Gasteiger partial charge < -0.3 is 10.2 Å². The highest BCUT2D eigenvalue weighted by Gasteiger charge is 2.35. The first-order valence-corrected chi connectivity index (χ1v) is 16.0. The molecule has 2 amide bonds. The average molecular weight is 616 g/mol. The Morgan fingerprint density at radius 2 is 1.41 bits per heavy atom. The van der Waals surface area contributed by atoms with Gasteiger partial charge in [0.1, 0.15) is 18.4 Å². The maximum atomic E-state index is 14.4. The number of carbonyl (C=O) groups is 2. The third-order valence-electron chi connectivity index (χ3n) is 7.47. The number of anilines is 1. The van der Waals surface area contributed by atoms with Gasteiger partial charge in [0.15, 0.2) is 0 Å². The lowest BCUT2D eigenvalue weighted by Crippen LogP contribution is -2.54. The Morgan fingerprint density at radius 1 is 0.818 bits per heavy atom. The molecule has 0 radical (unpaired) electrons. The van der Waals surface area contributed by atoms with Gasteiger partial charge in [0.05, 0.1) is 10.6 Å². The Kier molecular flexibility index (Phi) is 10.9. The van der Waals surface area contributed by atoms with Crippen LogP contribution in [0.5, 0.6) is 0 Å². The molecule has 0 aromatic heterocycles. The summed E-state index contributed by atoms with van der Waals surface area (Å²) in [7, 11) is -4.17. The summed E-state index contributed by atoms with van der Waals surface area (Å²) >= 11 is 0. The monoisotopic (exact) mass is 615 g/mol. The topological polar surface area (TPSA) is 86.8 Å². The average Bonchev–Trinajstić information content (AvgIpc) is 3.03. The molecule has 9 heteroatoms. The summed E-state index contributed by atoms with van der Waals surface area (Å²) in [4.78, 5) is 29.6. The third-order valence-corrected chi connectivity index (χ3v) is 9.26. The number of benzene rings is 4. The van der Waals surface area contributed by atoms with E-state index in [4.69, 9.17) is 0 Å². The van der Waals surface area contributed by atoms with Crippen LogP contribution in [0.1, 0.15) is 37.0 Å². The van der Waals surface area contributed by atoms with Crippen molar-refractivity contribution in [2.24, 2.45) is 0 Å². The molecule has 4 aromatic carbocycles. The van der Waals surface area contributed by atoms with Gasteiger partial charge in [0.25, 0.3) is 10.0 Å². The van der Waals surface area contributed by atoms with E-state index in [1.807, 2.05) is 51.1 Å². The third kappa shape index (κ3) is 8.32. The molecule has 2 atom stereocenters. The van der Waals surface area contributed by atoms with E-state index in [2.05, 4.69) is 5.32 Å². The number of halogens is 1. The number of sulfonamides is 1. The van der Waals surface area contributed by atoms with Gasteiger partial charge in [-0.3, -0.25) is 13.9 Å². The fourth-order valence-corrected chi connectivity index (χ4v) is 6.16. The van der Waals surface area contributed by atoms with E-state index < -0.39 is 34.3 Å². The molecule has 0 saturated carbocycles. The Balaban J connectivity index is 1.78. The van der Waals surface area contributed by atoms with Crippen LogP contribution in [0.2, 0.25) is 0 Å². The summed E-state index contributed by atoms with van der Waals surface area (Å²) in [6.45, 7) is 5.11. The largest absolute Gasteiger partial charge is 0.352 e. The number of hydrogen-bond donors (Lipinski definition) is 1. The van der Waals surface area contributed by atoms with E-state index in [9.17, 15) is 22.4 Å². The van der Waals surface area contributed by atoms with Crippen molar-refractivity contribution < 1.29 is 22.4 Å². The van der Waals surface area contributed by atoms with Crippen LogP contribution >= 0.6 is 0 Å². The number of rotatable bonds is 13. The number of nitrogens with zero attached hydrogens (tertiary/aromatic N) is 2. The molecule has 0 spiro atoms. The van der Waals surface area contributed by atoms with Gasteiger partial charge in [-0.05, 0) is 67.8 Å². The first-order chi connectivity index (χ1) is 21.1. The SMILES string of the molecule is CC[C@H](C)NC(=O)[C@@H](Cc1ccccc1)N(Cc1ccc(F)cc1)C(=O)CN(c1ccccc1)S(=O)(=O)c1ccc(C)cc1. The van der Waals surface area contributed by atoms with Gasteiger partial charge in [0, 0.05) is 19.0 Å². The quantitative estimate of drug-likeness (QED) is 0.203. The summed E-state index contributed by atoms with van der Waals surface area (Å²) in [5.74, 6) is -1.36. The van der Waals surface area contributed by atoms with Gasteiger partial charge in [0.2, 0.25) is 11.8 Å². The summed E-state index contributed by atoms with van der Waals surface area (Å²) in [6, 6.07) is 28.8. The van der Waals surface area contributed by atoms with E-state index in [1.165, 1.54) is 29.2 Å². The smallest absolute Gasteiger partial charge is 0.264 e. The minimum absolute atomic E-state index is 0.0300. The number of amides is 2. The maximum absolute atomic E-state index is 14.4. The molecule has 0 saturated heterocycles. The lowest BCUT2D eigenvalue weighted by molar-refractivity contribution is -0.140. The van der Waals surface area contributed by atoms with Crippen molar-refractivity contribution in [1.82, 2.24) is 10.2 Å². The number of hydrogen-bond acceptors (Lipinski definition) is 4. The Hall–Kier alpha value is -4.50.